The first kappa shape index (κ1) is 24.9. The molecule has 2 bridgehead atoms. The molecule has 1 fully saturated rings. The van der Waals surface area contributed by atoms with Gasteiger partial charge in [-0.15, -0.1) is 0 Å². The Morgan fingerprint density at radius 3 is 2.66 bits per heavy atom. The highest BCUT2D eigenvalue weighted by Crippen LogP contribution is 2.58. The summed E-state index contributed by atoms with van der Waals surface area (Å²) in [6, 6.07) is 3.64. The molecule has 3 N–H and O–H groups in total. The second-order valence-corrected chi connectivity index (χ2v) is 10.6. The van der Waals surface area contributed by atoms with Crippen molar-refractivity contribution >= 4 is 0 Å². The summed E-state index contributed by atoms with van der Waals surface area (Å²) in [5, 5.41) is 22.0. The van der Waals surface area contributed by atoms with Crippen molar-refractivity contribution in [2.24, 2.45) is 5.73 Å². The molecule has 1 saturated heterocycles. The highest BCUT2D eigenvalue weighted by molar-refractivity contribution is 5.66. The maximum absolute atomic E-state index is 11.5. The number of phenols is 1. The van der Waals surface area contributed by atoms with E-state index in [1.807, 2.05) is 13.8 Å². The molecule has 0 spiro atoms. The number of phenolic OH excluding ortho intramolecular Hbond substituents is 1. The van der Waals surface area contributed by atoms with Gasteiger partial charge in [-0.2, -0.15) is 5.26 Å². The van der Waals surface area contributed by atoms with E-state index in [9.17, 15) is 10.4 Å². The second kappa shape index (κ2) is 9.09. The molecule has 9 heteroatoms. The van der Waals surface area contributed by atoms with Gasteiger partial charge < -0.3 is 29.8 Å². The Labute approximate surface area is 222 Å². The Bertz CT molecular complexity index is 1370. The van der Waals surface area contributed by atoms with E-state index in [4.69, 9.17) is 24.7 Å². The standard InChI is InChI=1S/C29H34N4O5/c1-6-7-36-27-15(3)28-29(38-13-37-28)23-17(27)10-19-24-22-16(8-14(2)26(35-5)25(22)34)9-18(32(24)4)20(11-30)33(19)21(23)12-31/h6,8,18-21,24,34H,1,7,9-10,12-13,31H2,2-5H3/t18?,19-,20?,21?,24?/m0/s1. The Morgan fingerprint density at radius 1 is 1.21 bits per heavy atom. The normalized spacial score (nSPS) is 27.1. The quantitative estimate of drug-likeness (QED) is 0.577. The first-order valence-corrected chi connectivity index (χ1v) is 13.0. The van der Waals surface area contributed by atoms with Crippen LogP contribution < -0.4 is 24.7 Å². The lowest BCUT2D eigenvalue weighted by Crippen LogP contribution is -2.68. The summed E-state index contributed by atoms with van der Waals surface area (Å²) >= 11 is 0. The number of rotatable bonds is 5. The molecule has 9 nitrogen and oxygen atoms in total. The Hall–Kier alpha value is -3.45. The monoisotopic (exact) mass is 518 g/mol. The summed E-state index contributed by atoms with van der Waals surface area (Å²) in [7, 11) is 3.64. The molecule has 4 aliphatic rings. The summed E-state index contributed by atoms with van der Waals surface area (Å²) in [6.07, 6.45) is 2.96. The zero-order chi connectivity index (χ0) is 26.9. The maximum atomic E-state index is 11.5. The molecular formula is C29H34N4O5. The van der Waals surface area contributed by atoms with Crippen molar-refractivity contribution in [2.45, 2.75) is 56.9 Å². The number of ether oxygens (including phenoxy) is 4. The van der Waals surface area contributed by atoms with Crippen molar-refractivity contribution in [1.29, 1.82) is 5.26 Å². The van der Waals surface area contributed by atoms with Crippen LogP contribution in [0.4, 0.5) is 0 Å². The molecule has 4 unspecified atom stereocenters. The SMILES string of the molecule is C=CCOc1c(C)c2c(c3c1C[C@H]1C4c5c(cc(C)c(OC)c5O)CC(C(C#N)N1C3CN)N4C)OCO2. The molecule has 2 aromatic carbocycles. The third kappa shape index (κ3) is 3.20. The fourth-order valence-corrected chi connectivity index (χ4v) is 7.40. The molecule has 0 saturated carbocycles. The zero-order valence-corrected chi connectivity index (χ0v) is 22.3. The Kier molecular flexibility index (Phi) is 5.94. The van der Waals surface area contributed by atoms with Crippen LogP contribution in [0.5, 0.6) is 28.7 Å². The molecule has 4 heterocycles. The summed E-state index contributed by atoms with van der Waals surface area (Å²) in [6.45, 7) is 8.52. The highest BCUT2D eigenvalue weighted by atomic mass is 16.7. The zero-order valence-electron chi connectivity index (χ0n) is 22.3. The van der Waals surface area contributed by atoms with Gasteiger partial charge in [0.2, 0.25) is 6.79 Å². The van der Waals surface area contributed by atoms with E-state index in [0.29, 0.717) is 43.2 Å². The molecule has 6 rings (SSSR count). The van der Waals surface area contributed by atoms with Gasteiger partial charge in [0.25, 0.3) is 0 Å². The Balaban J connectivity index is 1.60. The molecule has 0 aliphatic carbocycles. The number of piperazine rings is 1. The number of aromatic hydroxyl groups is 1. The average Bonchev–Trinajstić information content (AvgIpc) is 3.39. The van der Waals surface area contributed by atoms with E-state index in [-0.39, 0.29) is 36.7 Å². The van der Waals surface area contributed by atoms with Crippen LogP contribution in [0, 0.1) is 25.2 Å². The summed E-state index contributed by atoms with van der Waals surface area (Å²) < 4.78 is 23.8. The van der Waals surface area contributed by atoms with Gasteiger partial charge in [-0.3, -0.25) is 9.80 Å². The van der Waals surface area contributed by atoms with E-state index >= 15 is 0 Å². The van der Waals surface area contributed by atoms with Crippen molar-refractivity contribution in [3.63, 3.8) is 0 Å². The first-order chi connectivity index (χ1) is 18.4. The minimum atomic E-state index is -0.405. The van der Waals surface area contributed by atoms with Gasteiger partial charge in [0.05, 0.1) is 25.3 Å². The van der Waals surface area contributed by atoms with Gasteiger partial charge in [0.1, 0.15) is 18.4 Å². The van der Waals surface area contributed by atoms with Crippen LogP contribution in [0.3, 0.4) is 0 Å². The van der Waals surface area contributed by atoms with Gasteiger partial charge in [-0.25, -0.2) is 0 Å². The topological polar surface area (TPSA) is 113 Å². The number of aryl methyl sites for hydroxylation is 1. The van der Waals surface area contributed by atoms with E-state index in [2.05, 4.69) is 35.6 Å². The lowest BCUT2D eigenvalue weighted by Gasteiger charge is -2.60. The van der Waals surface area contributed by atoms with Crippen molar-refractivity contribution in [1.82, 2.24) is 9.80 Å². The Morgan fingerprint density at radius 2 is 1.97 bits per heavy atom. The van der Waals surface area contributed by atoms with Gasteiger partial charge in [-0.1, -0.05) is 18.7 Å². The lowest BCUT2D eigenvalue weighted by molar-refractivity contribution is -0.0710. The maximum Gasteiger partial charge on any atom is 0.231 e. The molecular weight excluding hydrogens is 484 g/mol. The number of nitrogens with two attached hydrogens (primary N) is 1. The number of methoxy groups -OCH3 is 1. The summed E-state index contributed by atoms with van der Waals surface area (Å²) in [5.41, 5.74) is 12.2. The molecule has 38 heavy (non-hydrogen) atoms. The van der Waals surface area contributed by atoms with Crippen LogP contribution in [-0.4, -0.2) is 67.1 Å². The van der Waals surface area contributed by atoms with Crippen LogP contribution in [0.15, 0.2) is 18.7 Å². The van der Waals surface area contributed by atoms with Gasteiger partial charge in [0.15, 0.2) is 23.0 Å². The number of nitrogens with zero attached hydrogens (tertiary/aromatic N) is 3. The molecule has 2 aromatic rings. The predicted octanol–water partition coefficient (Wildman–Crippen LogP) is 3.04. The molecule has 0 aromatic heterocycles. The molecule has 5 atom stereocenters. The van der Waals surface area contributed by atoms with E-state index < -0.39 is 6.04 Å². The van der Waals surface area contributed by atoms with Gasteiger partial charge in [0, 0.05) is 40.9 Å². The summed E-state index contributed by atoms with van der Waals surface area (Å²) in [4.78, 5) is 4.52. The smallest absolute Gasteiger partial charge is 0.231 e. The highest BCUT2D eigenvalue weighted by Gasteiger charge is 2.56. The summed E-state index contributed by atoms with van der Waals surface area (Å²) in [5.74, 6) is 2.78. The largest absolute Gasteiger partial charge is 0.504 e. The fourth-order valence-electron chi connectivity index (χ4n) is 7.40. The minimum absolute atomic E-state index is 0.0660. The van der Waals surface area contributed by atoms with Crippen LogP contribution in [0.2, 0.25) is 0 Å². The van der Waals surface area contributed by atoms with Crippen LogP contribution in [0.25, 0.3) is 0 Å². The average molecular weight is 519 g/mol. The van der Waals surface area contributed by atoms with Crippen LogP contribution in [0.1, 0.15) is 45.5 Å². The van der Waals surface area contributed by atoms with Gasteiger partial charge >= 0.3 is 0 Å². The van der Waals surface area contributed by atoms with Crippen molar-refractivity contribution < 1.29 is 24.1 Å². The van der Waals surface area contributed by atoms with E-state index in [1.165, 1.54) is 0 Å². The number of hydrogen-bond acceptors (Lipinski definition) is 9. The minimum Gasteiger partial charge on any atom is -0.504 e. The lowest BCUT2D eigenvalue weighted by atomic mass is 9.71. The van der Waals surface area contributed by atoms with Crippen molar-refractivity contribution in [3.8, 4) is 34.8 Å². The number of likely N-dealkylation sites (N-methyl/N-ethyl adjacent to an activating group) is 1. The molecule has 4 aliphatic heterocycles. The third-order valence-corrected chi connectivity index (χ3v) is 8.83. The van der Waals surface area contributed by atoms with Crippen LogP contribution >= 0.6 is 0 Å². The second-order valence-electron chi connectivity index (χ2n) is 10.6. The van der Waals surface area contributed by atoms with E-state index in [0.717, 1.165) is 39.1 Å². The van der Waals surface area contributed by atoms with Crippen LogP contribution in [-0.2, 0) is 12.8 Å². The van der Waals surface area contributed by atoms with Gasteiger partial charge in [-0.05, 0) is 44.9 Å². The van der Waals surface area contributed by atoms with Crippen molar-refractivity contribution in [3.05, 3.63) is 52.1 Å². The molecule has 200 valence electrons. The molecule has 0 radical (unpaired) electrons. The fraction of sp³-hybridized carbons (Fsp3) is 0.483. The van der Waals surface area contributed by atoms with E-state index in [1.54, 1.807) is 13.2 Å². The number of hydrogen-bond donors (Lipinski definition) is 2. The number of fused-ring (bicyclic) bond motifs is 9. The first-order valence-electron chi connectivity index (χ1n) is 13.0. The van der Waals surface area contributed by atoms with Crippen molar-refractivity contribution in [2.75, 3.05) is 34.1 Å². The molecule has 0 amide bonds. The number of nitriles is 1. The number of benzene rings is 2. The third-order valence-electron chi connectivity index (χ3n) is 8.83. The predicted molar refractivity (Wildman–Crippen MR) is 141 cm³/mol.